The Hall–Kier alpha value is -2.56. The molecular formula is C16H15N3O2. The topological polar surface area (TPSA) is 80.5 Å². The molecule has 1 aromatic heterocycles. The average Bonchev–Trinajstić information content (AvgIpc) is 3.00. The van der Waals surface area contributed by atoms with Crippen LogP contribution in [0.5, 0.6) is 0 Å². The lowest BCUT2D eigenvalue weighted by Crippen LogP contribution is -2.28. The normalized spacial score (nSPS) is 23.0. The molecule has 4 rings (SSSR count). The van der Waals surface area contributed by atoms with Gasteiger partial charge < -0.3 is 15.5 Å². The number of hydrogen-bond donors (Lipinski definition) is 2. The van der Waals surface area contributed by atoms with Crippen molar-refractivity contribution in [3.63, 3.8) is 0 Å². The lowest BCUT2D eigenvalue weighted by atomic mass is 9.95. The number of benzene rings is 1. The quantitative estimate of drug-likeness (QED) is 0.825. The minimum atomic E-state index is -0.260. The van der Waals surface area contributed by atoms with Gasteiger partial charge in [0.05, 0.1) is 0 Å². The molecule has 0 bridgehead atoms. The second-order valence-corrected chi connectivity index (χ2v) is 5.70. The number of aliphatic imine (C=N–C) groups is 1. The number of amidine groups is 1. The molecule has 0 radical (unpaired) electrons. The van der Waals surface area contributed by atoms with E-state index in [0.717, 1.165) is 24.0 Å². The van der Waals surface area contributed by atoms with Crippen LogP contribution in [0.3, 0.4) is 0 Å². The van der Waals surface area contributed by atoms with Crippen LogP contribution in [0.25, 0.3) is 11.1 Å². The number of nitrogens with two attached hydrogens (primary N) is 1. The van der Waals surface area contributed by atoms with Crippen molar-refractivity contribution >= 4 is 6.02 Å². The molecule has 2 heterocycles. The van der Waals surface area contributed by atoms with Gasteiger partial charge in [0.2, 0.25) is 5.56 Å². The maximum atomic E-state index is 11.5. The zero-order chi connectivity index (χ0) is 14.4. The number of aromatic amines is 1. The molecule has 0 amide bonds. The molecule has 3 N–H and O–H groups in total. The number of ether oxygens (including phenoxy) is 1. The summed E-state index contributed by atoms with van der Waals surface area (Å²) in [7, 11) is 0. The van der Waals surface area contributed by atoms with E-state index >= 15 is 0 Å². The van der Waals surface area contributed by atoms with Gasteiger partial charge in [-0.15, -0.1) is 0 Å². The van der Waals surface area contributed by atoms with Crippen LogP contribution in [0, 0.1) is 0 Å². The van der Waals surface area contributed by atoms with Crippen LogP contribution < -0.4 is 11.3 Å². The molecule has 0 unspecified atom stereocenters. The third-order valence-electron chi connectivity index (χ3n) is 4.22. The van der Waals surface area contributed by atoms with E-state index < -0.39 is 0 Å². The van der Waals surface area contributed by atoms with Crippen molar-refractivity contribution in [3.05, 3.63) is 58.0 Å². The molecule has 106 valence electrons. The van der Waals surface area contributed by atoms with Crippen molar-refractivity contribution < 1.29 is 4.74 Å². The van der Waals surface area contributed by atoms with Gasteiger partial charge in [-0.3, -0.25) is 4.79 Å². The van der Waals surface area contributed by atoms with Gasteiger partial charge in [0.1, 0.15) is 12.1 Å². The fourth-order valence-corrected chi connectivity index (χ4v) is 3.33. The molecule has 1 aromatic carbocycles. The number of nitrogens with zero attached hydrogens (tertiary/aromatic N) is 1. The standard InChI is InChI=1S/C16H15N3O2/c17-15-19-16(9-21-15)7-11-2-1-3-12(13(11)8-16)10-4-5-18-14(20)6-10/h1-6H,7-9H2,(H2,17,19)(H,18,20)/t16-/m1/s1. The molecule has 21 heavy (non-hydrogen) atoms. The lowest BCUT2D eigenvalue weighted by Gasteiger charge is -2.15. The second-order valence-electron chi connectivity index (χ2n) is 5.70. The predicted octanol–water partition coefficient (Wildman–Crippen LogP) is 1.22. The third kappa shape index (κ3) is 1.93. The van der Waals surface area contributed by atoms with Gasteiger partial charge in [-0.1, -0.05) is 18.2 Å². The molecule has 1 spiro atoms. The zero-order valence-electron chi connectivity index (χ0n) is 11.4. The molecule has 5 nitrogen and oxygen atoms in total. The Morgan fingerprint density at radius 3 is 2.95 bits per heavy atom. The first-order valence-electron chi connectivity index (χ1n) is 6.93. The number of pyridine rings is 1. The van der Waals surface area contributed by atoms with Gasteiger partial charge in [-0.05, 0) is 28.3 Å². The summed E-state index contributed by atoms with van der Waals surface area (Å²) >= 11 is 0. The Morgan fingerprint density at radius 1 is 1.29 bits per heavy atom. The molecule has 1 aliphatic carbocycles. The van der Waals surface area contributed by atoms with Gasteiger partial charge in [0.15, 0.2) is 0 Å². The highest BCUT2D eigenvalue weighted by atomic mass is 16.5. The van der Waals surface area contributed by atoms with Gasteiger partial charge >= 0.3 is 0 Å². The average molecular weight is 281 g/mol. The fraction of sp³-hybridized carbons (Fsp3) is 0.250. The lowest BCUT2D eigenvalue weighted by molar-refractivity contribution is 0.258. The van der Waals surface area contributed by atoms with Crippen molar-refractivity contribution in [2.75, 3.05) is 6.61 Å². The summed E-state index contributed by atoms with van der Waals surface area (Å²) in [4.78, 5) is 18.7. The summed E-state index contributed by atoms with van der Waals surface area (Å²) in [6.07, 6.45) is 3.31. The summed E-state index contributed by atoms with van der Waals surface area (Å²) < 4.78 is 5.36. The SMILES string of the molecule is NC1=N[C@]2(CO1)Cc1cccc(-c3cc[nH]c(=O)c3)c1C2. The first kappa shape index (κ1) is 12.2. The van der Waals surface area contributed by atoms with Crippen molar-refractivity contribution in [1.82, 2.24) is 4.98 Å². The molecule has 0 fully saturated rings. The van der Waals surface area contributed by atoms with Gasteiger partial charge in [0.25, 0.3) is 6.02 Å². The van der Waals surface area contributed by atoms with E-state index in [4.69, 9.17) is 10.5 Å². The summed E-state index contributed by atoms with van der Waals surface area (Å²) in [5, 5.41) is 0. The van der Waals surface area contributed by atoms with Crippen LogP contribution in [0.15, 0.2) is 46.3 Å². The fourth-order valence-electron chi connectivity index (χ4n) is 3.33. The van der Waals surface area contributed by atoms with E-state index in [-0.39, 0.29) is 17.1 Å². The van der Waals surface area contributed by atoms with Crippen molar-refractivity contribution in [1.29, 1.82) is 0 Å². The van der Waals surface area contributed by atoms with E-state index in [0.29, 0.717) is 6.61 Å². The van der Waals surface area contributed by atoms with Gasteiger partial charge in [0, 0.05) is 25.1 Å². The van der Waals surface area contributed by atoms with E-state index in [1.807, 2.05) is 12.1 Å². The maximum Gasteiger partial charge on any atom is 0.282 e. The first-order chi connectivity index (χ1) is 10.2. The molecule has 1 atom stereocenters. The summed E-state index contributed by atoms with van der Waals surface area (Å²) in [6.45, 7) is 0.530. The summed E-state index contributed by atoms with van der Waals surface area (Å²) in [5.74, 6) is 0. The second kappa shape index (κ2) is 4.22. The highest BCUT2D eigenvalue weighted by molar-refractivity contribution is 5.75. The summed E-state index contributed by atoms with van der Waals surface area (Å²) in [5.41, 5.74) is 9.85. The zero-order valence-corrected chi connectivity index (χ0v) is 11.4. The van der Waals surface area contributed by atoms with E-state index in [1.54, 1.807) is 12.3 Å². The monoisotopic (exact) mass is 281 g/mol. The van der Waals surface area contributed by atoms with Crippen LogP contribution in [-0.2, 0) is 17.6 Å². The van der Waals surface area contributed by atoms with Crippen LogP contribution >= 0.6 is 0 Å². The summed E-state index contributed by atoms with van der Waals surface area (Å²) in [6, 6.07) is 10.0. The number of aromatic nitrogens is 1. The Morgan fingerprint density at radius 2 is 2.19 bits per heavy atom. The Kier molecular flexibility index (Phi) is 2.45. The Labute approximate surface area is 121 Å². The molecule has 0 saturated carbocycles. The molecule has 5 heteroatoms. The van der Waals surface area contributed by atoms with Crippen molar-refractivity contribution in [3.8, 4) is 11.1 Å². The largest absolute Gasteiger partial charge is 0.463 e. The van der Waals surface area contributed by atoms with Crippen LogP contribution in [-0.4, -0.2) is 23.2 Å². The third-order valence-corrected chi connectivity index (χ3v) is 4.22. The van der Waals surface area contributed by atoms with Crippen molar-refractivity contribution in [2.24, 2.45) is 10.7 Å². The van der Waals surface area contributed by atoms with E-state index in [2.05, 4.69) is 22.1 Å². The minimum Gasteiger partial charge on any atom is -0.463 e. The number of nitrogens with one attached hydrogen (secondary N) is 1. The van der Waals surface area contributed by atoms with E-state index in [1.165, 1.54) is 11.1 Å². The first-order valence-corrected chi connectivity index (χ1v) is 6.93. The predicted molar refractivity (Wildman–Crippen MR) is 80.2 cm³/mol. The molecule has 0 saturated heterocycles. The molecule has 2 aliphatic rings. The Bertz CT molecular complexity index is 809. The number of rotatable bonds is 1. The minimum absolute atomic E-state index is 0.0933. The van der Waals surface area contributed by atoms with Gasteiger partial charge in [-0.2, -0.15) is 0 Å². The Balaban J connectivity index is 1.82. The van der Waals surface area contributed by atoms with Crippen LogP contribution in [0.1, 0.15) is 11.1 Å². The highest BCUT2D eigenvalue weighted by Gasteiger charge is 2.42. The molecular weight excluding hydrogens is 266 g/mol. The van der Waals surface area contributed by atoms with Crippen LogP contribution in [0.2, 0.25) is 0 Å². The number of H-pyrrole nitrogens is 1. The number of fused-ring (bicyclic) bond motifs is 1. The molecule has 1 aliphatic heterocycles. The highest BCUT2D eigenvalue weighted by Crippen LogP contribution is 2.40. The smallest absolute Gasteiger partial charge is 0.282 e. The van der Waals surface area contributed by atoms with E-state index in [9.17, 15) is 4.79 Å². The van der Waals surface area contributed by atoms with Crippen molar-refractivity contribution in [2.45, 2.75) is 18.4 Å². The van der Waals surface area contributed by atoms with Gasteiger partial charge in [-0.25, -0.2) is 4.99 Å². The maximum absolute atomic E-state index is 11.5. The number of hydrogen-bond acceptors (Lipinski definition) is 4. The molecule has 2 aromatic rings. The van der Waals surface area contributed by atoms with Crippen LogP contribution in [0.4, 0.5) is 0 Å².